The molecular weight excluding hydrogens is 204 g/mol. The first-order valence-electron chi connectivity index (χ1n) is 3.30. The number of hydroxylamine groups is 1. The Kier molecular flexibility index (Phi) is 3.02. The van der Waals surface area contributed by atoms with Gasteiger partial charge in [-0.25, -0.2) is 14.3 Å². The van der Waals surface area contributed by atoms with Gasteiger partial charge < -0.3 is 10.3 Å². The molecular formula is C7H6ClF2NO2. The van der Waals surface area contributed by atoms with Gasteiger partial charge in [0, 0.05) is 0 Å². The number of aromatic hydroxyl groups is 1. The van der Waals surface area contributed by atoms with E-state index in [1.54, 1.807) is 5.48 Å². The van der Waals surface area contributed by atoms with Crippen molar-refractivity contribution in [3.05, 3.63) is 28.3 Å². The number of benzene rings is 1. The monoisotopic (exact) mass is 209 g/mol. The van der Waals surface area contributed by atoms with Crippen LogP contribution < -0.4 is 5.48 Å². The average Bonchev–Trinajstić information content (AvgIpc) is 2.09. The number of hydrogen-bond acceptors (Lipinski definition) is 3. The molecule has 0 heterocycles. The molecule has 1 rings (SSSR count). The first kappa shape index (κ1) is 10.2. The van der Waals surface area contributed by atoms with Gasteiger partial charge in [0.25, 0.3) is 0 Å². The molecule has 0 aliphatic rings. The lowest BCUT2D eigenvalue weighted by atomic mass is 10.2. The summed E-state index contributed by atoms with van der Waals surface area (Å²) in [5.74, 6) is -2.85. The van der Waals surface area contributed by atoms with E-state index in [4.69, 9.17) is 21.9 Å². The first-order chi connectivity index (χ1) is 6.07. The van der Waals surface area contributed by atoms with Crippen LogP contribution in [0.5, 0.6) is 5.75 Å². The summed E-state index contributed by atoms with van der Waals surface area (Å²) in [6.07, 6.45) is 0. The van der Waals surface area contributed by atoms with Crippen LogP contribution in [0.4, 0.5) is 8.78 Å². The van der Waals surface area contributed by atoms with Crippen LogP contribution in [-0.2, 0) is 6.54 Å². The molecule has 0 saturated heterocycles. The summed E-state index contributed by atoms with van der Waals surface area (Å²) in [6, 6.07) is 0.660. The Morgan fingerprint density at radius 1 is 1.46 bits per heavy atom. The third-order valence-corrected chi connectivity index (χ3v) is 1.77. The van der Waals surface area contributed by atoms with Crippen molar-refractivity contribution in [3.8, 4) is 5.75 Å². The highest BCUT2D eigenvalue weighted by atomic mass is 35.5. The Hall–Kier alpha value is -0.910. The molecule has 13 heavy (non-hydrogen) atoms. The number of nitrogens with one attached hydrogen (secondary N) is 1. The van der Waals surface area contributed by atoms with Gasteiger partial charge >= 0.3 is 0 Å². The molecule has 0 aliphatic heterocycles. The fraction of sp³-hybridized carbons (Fsp3) is 0.143. The lowest BCUT2D eigenvalue weighted by Gasteiger charge is -2.06. The molecule has 0 atom stereocenters. The highest BCUT2D eigenvalue weighted by molar-refractivity contribution is 6.30. The summed E-state index contributed by atoms with van der Waals surface area (Å²) >= 11 is 5.29. The van der Waals surface area contributed by atoms with Crippen molar-refractivity contribution in [2.45, 2.75) is 6.54 Å². The Morgan fingerprint density at radius 2 is 2.08 bits per heavy atom. The highest BCUT2D eigenvalue weighted by Gasteiger charge is 2.16. The van der Waals surface area contributed by atoms with Crippen LogP contribution in [0.1, 0.15) is 5.56 Å². The van der Waals surface area contributed by atoms with Crippen LogP contribution in [0, 0.1) is 11.6 Å². The Labute approximate surface area is 77.5 Å². The second-order valence-corrected chi connectivity index (χ2v) is 2.72. The van der Waals surface area contributed by atoms with Gasteiger partial charge in [-0.1, -0.05) is 11.6 Å². The maximum atomic E-state index is 13.0. The zero-order valence-electron chi connectivity index (χ0n) is 6.31. The topological polar surface area (TPSA) is 52.5 Å². The second-order valence-electron chi connectivity index (χ2n) is 2.32. The molecule has 6 heteroatoms. The second kappa shape index (κ2) is 3.87. The van der Waals surface area contributed by atoms with Gasteiger partial charge in [-0.2, -0.15) is 0 Å². The van der Waals surface area contributed by atoms with Crippen molar-refractivity contribution in [1.82, 2.24) is 5.48 Å². The molecule has 0 aliphatic carbocycles. The van der Waals surface area contributed by atoms with Crippen LogP contribution in [0.25, 0.3) is 0 Å². The van der Waals surface area contributed by atoms with E-state index in [0.717, 1.165) is 0 Å². The first-order valence-corrected chi connectivity index (χ1v) is 3.68. The van der Waals surface area contributed by atoms with Crippen LogP contribution in [0.3, 0.4) is 0 Å². The molecule has 0 radical (unpaired) electrons. The molecule has 0 bridgehead atoms. The maximum Gasteiger partial charge on any atom is 0.166 e. The lowest BCUT2D eigenvalue weighted by molar-refractivity contribution is 0.158. The van der Waals surface area contributed by atoms with Crippen LogP contribution in [-0.4, -0.2) is 10.3 Å². The Morgan fingerprint density at radius 3 is 2.62 bits per heavy atom. The lowest BCUT2D eigenvalue weighted by Crippen LogP contribution is -2.09. The average molecular weight is 210 g/mol. The van der Waals surface area contributed by atoms with Crippen molar-refractivity contribution < 1.29 is 19.1 Å². The molecule has 0 aromatic heterocycles. The Balaban J connectivity index is 3.28. The highest BCUT2D eigenvalue weighted by Crippen LogP contribution is 2.29. The third-order valence-electron chi connectivity index (χ3n) is 1.50. The molecule has 0 spiro atoms. The van der Waals surface area contributed by atoms with E-state index in [1.807, 2.05) is 0 Å². The zero-order chi connectivity index (χ0) is 10.0. The van der Waals surface area contributed by atoms with Gasteiger partial charge in [-0.3, -0.25) is 0 Å². The minimum absolute atomic E-state index is 0.410. The molecule has 0 amide bonds. The number of hydrogen-bond donors (Lipinski definition) is 3. The normalized spacial score (nSPS) is 10.5. The fourth-order valence-electron chi connectivity index (χ4n) is 0.876. The van der Waals surface area contributed by atoms with Gasteiger partial charge in [0.2, 0.25) is 0 Å². The molecule has 3 nitrogen and oxygen atoms in total. The van der Waals surface area contributed by atoms with E-state index < -0.39 is 34.5 Å². The molecule has 1 aromatic rings. The van der Waals surface area contributed by atoms with Gasteiger partial charge in [0.15, 0.2) is 11.6 Å². The SMILES string of the molecule is ONCc1c(O)c(F)cc(Cl)c1F. The van der Waals surface area contributed by atoms with Crippen LogP contribution in [0.2, 0.25) is 5.02 Å². The Bertz CT molecular complexity index is 307. The molecule has 1 aromatic carbocycles. The van der Waals surface area contributed by atoms with Crippen molar-refractivity contribution in [3.63, 3.8) is 0 Å². The van der Waals surface area contributed by atoms with Gasteiger partial charge in [-0.15, -0.1) is 0 Å². The quantitative estimate of drug-likeness (QED) is 0.514. The van der Waals surface area contributed by atoms with Crippen molar-refractivity contribution in [2.24, 2.45) is 0 Å². The summed E-state index contributed by atoms with van der Waals surface area (Å²) in [6.45, 7) is -0.421. The van der Waals surface area contributed by atoms with E-state index in [9.17, 15) is 8.78 Å². The van der Waals surface area contributed by atoms with E-state index in [1.165, 1.54) is 0 Å². The zero-order valence-corrected chi connectivity index (χ0v) is 7.07. The molecule has 3 N–H and O–H groups in total. The predicted molar refractivity (Wildman–Crippen MR) is 41.7 cm³/mol. The summed E-state index contributed by atoms with van der Waals surface area (Å²) in [5.41, 5.74) is 1.19. The standard InChI is InChI=1S/C7H6ClF2NO2/c8-4-1-5(9)7(12)3(2-11-13)6(4)10/h1,11-13H,2H2. The van der Waals surface area contributed by atoms with E-state index in [-0.39, 0.29) is 0 Å². The summed E-state index contributed by atoms with van der Waals surface area (Å²) < 4.78 is 25.8. The van der Waals surface area contributed by atoms with Crippen LogP contribution >= 0.6 is 11.6 Å². The summed E-state index contributed by atoms with van der Waals surface area (Å²) in [7, 11) is 0. The van der Waals surface area contributed by atoms with Crippen LogP contribution in [0.15, 0.2) is 6.07 Å². The maximum absolute atomic E-state index is 13.0. The minimum Gasteiger partial charge on any atom is -0.505 e. The van der Waals surface area contributed by atoms with Gasteiger partial charge in [0.1, 0.15) is 5.82 Å². The number of halogens is 3. The van der Waals surface area contributed by atoms with E-state index in [0.29, 0.717) is 6.07 Å². The molecule has 0 fully saturated rings. The molecule has 0 unspecified atom stereocenters. The number of phenols is 1. The smallest absolute Gasteiger partial charge is 0.166 e. The predicted octanol–water partition coefficient (Wildman–Crippen LogP) is 1.80. The van der Waals surface area contributed by atoms with Crippen molar-refractivity contribution in [1.29, 1.82) is 0 Å². The largest absolute Gasteiger partial charge is 0.505 e. The number of rotatable bonds is 2. The fourth-order valence-corrected chi connectivity index (χ4v) is 1.09. The molecule has 72 valence electrons. The summed E-state index contributed by atoms with van der Waals surface area (Å²) in [4.78, 5) is 0. The molecule has 0 saturated carbocycles. The van der Waals surface area contributed by atoms with Crippen molar-refractivity contribution >= 4 is 11.6 Å². The van der Waals surface area contributed by atoms with Gasteiger partial charge in [-0.05, 0) is 6.07 Å². The summed E-state index contributed by atoms with van der Waals surface area (Å²) in [5, 5.41) is 16.8. The number of phenolic OH excluding ortho intramolecular Hbond substituents is 1. The van der Waals surface area contributed by atoms with Gasteiger partial charge in [0.05, 0.1) is 17.1 Å². The minimum atomic E-state index is -1.03. The van der Waals surface area contributed by atoms with Crippen molar-refractivity contribution in [2.75, 3.05) is 0 Å². The third kappa shape index (κ3) is 1.88. The van der Waals surface area contributed by atoms with E-state index in [2.05, 4.69) is 0 Å². The van der Waals surface area contributed by atoms with E-state index >= 15 is 0 Å².